The van der Waals surface area contributed by atoms with Crippen LogP contribution in [0.2, 0.25) is 5.02 Å². The molecule has 3 amide bonds. The average Bonchev–Trinajstić information content (AvgIpc) is 3.47. The van der Waals surface area contributed by atoms with Crippen molar-refractivity contribution in [2.75, 3.05) is 11.9 Å². The number of amides is 3. The first-order valence-electron chi connectivity index (χ1n) is 10.4. The minimum Gasteiger partial charge on any atom is -0.326 e. The molecule has 32 heavy (non-hydrogen) atoms. The number of halogens is 1. The summed E-state index contributed by atoms with van der Waals surface area (Å²) in [5, 5.41) is 4.34. The normalized spacial score (nSPS) is 29.6. The van der Waals surface area contributed by atoms with Crippen LogP contribution in [-0.4, -0.2) is 39.4 Å². The number of benzene rings is 1. The van der Waals surface area contributed by atoms with Gasteiger partial charge in [0.05, 0.1) is 21.7 Å². The molecular formula is C22H18ClN3O4S2. The lowest BCUT2D eigenvalue weighted by Crippen LogP contribution is -2.35. The van der Waals surface area contributed by atoms with Gasteiger partial charge in [-0.2, -0.15) is 0 Å². The molecule has 2 aliphatic carbocycles. The maximum atomic E-state index is 13.2. The number of hydrogen-bond acceptors (Lipinski definition) is 6. The number of imide groups is 1. The Balaban J connectivity index is 1.17. The van der Waals surface area contributed by atoms with E-state index in [1.807, 2.05) is 0 Å². The molecule has 0 spiro atoms. The summed E-state index contributed by atoms with van der Waals surface area (Å²) in [6, 6.07) is 6.77. The number of nitrogens with one attached hydrogen (secondary N) is 2. The molecule has 1 aromatic heterocycles. The van der Waals surface area contributed by atoms with E-state index >= 15 is 0 Å². The molecule has 6 rings (SSSR count). The lowest BCUT2D eigenvalue weighted by Gasteiger charge is -2.32. The molecule has 10 heteroatoms. The third kappa shape index (κ3) is 3.02. The van der Waals surface area contributed by atoms with Crippen LogP contribution >= 0.6 is 34.7 Å². The highest BCUT2D eigenvalue weighted by Gasteiger charge is 2.66. The third-order valence-electron chi connectivity index (χ3n) is 6.93. The number of fused-ring (bicyclic) bond motifs is 9. The number of rotatable bonds is 4. The van der Waals surface area contributed by atoms with Crippen molar-refractivity contribution in [3.8, 4) is 0 Å². The van der Waals surface area contributed by atoms with Crippen molar-refractivity contribution in [2.45, 2.75) is 23.1 Å². The summed E-state index contributed by atoms with van der Waals surface area (Å²) >= 11 is 8.66. The predicted molar refractivity (Wildman–Crippen MR) is 123 cm³/mol. The molecule has 5 atom stereocenters. The van der Waals surface area contributed by atoms with Crippen LogP contribution in [0.25, 0.3) is 6.08 Å². The SMILES string of the molecule is O=C(CCN1C(=O)[C@@H]2[C@@H]3C[C@H](C4=Cc5sc(=O)[nH]c5S[C@H]43)[C@@H]2C1=O)Nc1ccc(Cl)cc1. The van der Waals surface area contributed by atoms with E-state index in [1.165, 1.54) is 21.8 Å². The Bertz CT molecular complexity index is 1250. The summed E-state index contributed by atoms with van der Waals surface area (Å²) in [5.41, 5.74) is 1.81. The van der Waals surface area contributed by atoms with Gasteiger partial charge in [0.25, 0.3) is 0 Å². The van der Waals surface area contributed by atoms with E-state index in [2.05, 4.69) is 16.4 Å². The number of likely N-dealkylation sites (tertiary alicyclic amines) is 1. The monoisotopic (exact) mass is 487 g/mol. The van der Waals surface area contributed by atoms with Crippen molar-refractivity contribution < 1.29 is 14.4 Å². The molecule has 1 aromatic carbocycles. The van der Waals surface area contributed by atoms with Crippen molar-refractivity contribution in [1.82, 2.24) is 9.88 Å². The molecule has 2 bridgehead atoms. The second kappa shape index (κ2) is 7.33. The van der Waals surface area contributed by atoms with Crippen LogP contribution in [0.3, 0.4) is 0 Å². The maximum absolute atomic E-state index is 13.2. The Hall–Kier alpha value is -2.36. The summed E-state index contributed by atoms with van der Waals surface area (Å²) in [4.78, 5) is 55.5. The van der Waals surface area contributed by atoms with E-state index in [-0.39, 0.29) is 64.5 Å². The number of nitrogens with zero attached hydrogens (tertiary/aromatic N) is 1. The molecule has 2 aliphatic heterocycles. The minimum atomic E-state index is -0.341. The van der Waals surface area contributed by atoms with Gasteiger partial charge in [0.15, 0.2) is 0 Å². The van der Waals surface area contributed by atoms with Crippen LogP contribution in [0.4, 0.5) is 5.69 Å². The largest absolute Gasteiger partial charge is 0.326 e. The average molecular weight is 488 g/mol. The van der Waals surface area contributed by atoms with E-state index in [9.17, 15) is 19.2 Å². The number of aromatic nitrogens is 1. The van der Waals surface area contributed by atoms with Crippen LogP contribution in [0, 0.1) is 23.7 Å². The fourth-order valence-corrected chi connectivity index (χ4v) is 8.24. The molecule has 3 heterocycles. The molecule has 1 saturated heterocycles. The maximum Gasteiger partial charge on any atom is 0.305 e. The smallest absolute Gasteiger partial charge is 0.305 e. The van der Waals surface area contributed by atoms with Crippen molar-refractivity contribution in [3.05, 3.63) is 49.4 Å². The number of aromatic amines is 1. The quantitative estimate of drug-likeness (QED) is 0.645. The van der Waals surface area contributed by atoms with Gasteiger partial charge in [0.2, 0.25) is 17.7 Å². The van der Waals surface area contributed by atoms with Crippen molar-refractivity contribution in [2.24, 2.45) is 23.7 Å². The Morgan fingerprint density at radius 3 is 2.69 bits per heavy atom. The summed E-state index contributed by atoms with van der Waals surface area (Å²) in [7, 11) is 0. The number of H-pyrrole nitrogens is 1. The summed E-state index contributed by atoms with van der Waals surface area (Å²) in [6.45, 7) is 0.0844. The van der Waals surface area contributed by atoms with Gasteiger partial charge in [-0.1, -0.05) is 40.3 Å². The fourth-order valence-electron chi connectivity index (χ4n) is 5.67. The topological polar surface area (TPSA) is 99.3 Å². The first-order chi connectivity index (χ1) is 15.4. The predicted octanol–water partition coefficient (Wildman–Crippen LogP) is 3.23. The summed E-state index contributed by atoms with van der Waals surface area (Å²) in [6.07, 6.45) is 2.94. The third-order valence-corrected chi connectivity index (χ3v) is 9.57. The zero-order chi connectivity index (χ0) is 22.1. The van der Waals surface area contributed by atoms with Gasteiger partial charge in [-0.15, -0.1) is 0 Å². The van der Waals surface area contributed by atoms with E-state index in [0.717, 1.165) is 16.3 Å². The Kier molecular flexibility index (Phi) is 4.64. The molecule has 2 saturated carbocycles. The standard InChI is InChI=1S/C22H18ClN3O4S2/c23-9-1-3-10(4-2-9)24-15(27)5-6-26-20(28)16-11-7-13(17(16)21(26)29)18-12(11)8-14-19(32-18)25-22(30)31-14/h1-4,8,11,13,16-18H,5-7H2,(H,24,27)(H,25,30)/t11-,13+,16+,17-,18-/m1/s1. The van der Waals surface area contributed by atoms with Crippen LogP contribution in [0.15, 0.2) is 39.7 Å². The highest BCUT2D eigenvalue weighted by atomic mass is 35.5. The van der Waals surface area contributed by atoms with Gasteiger partial charge < -0.3 is 10.3 Å². The van der Waals surface area contributed by atoms with E-state index in [0.29, 0.717) is 10.7 Å². The van der Waals surface area contributed by atoms with Crippen molar-refractivity contribution in [1.29, 1.82) is 0 Å². The van der Waals surface area contributed by atoms with Gasteiger partial charge in [-0.25, -0.2) is 0 Å². The highest BCUT2D eigenvalue weighted by molar-refractivity contribution is 8.00. The Labute approximate surface area is 196 Å². The second-order valence-corrected chi connectivity index (χ2v) is 11.2. The van der Waals surface area contributed by atoms with E-state index < -0.39 is 0 Å². The van der Waals surface area contributed by atoms with Crippen LogP contribution in [-0.2, 0) is 14.4 Å². The van der Waals surface area contributed by atoms with Gasteiger partial charge in [0, 0.05) is 28.9 Å². The number of anilines is 1. The second-order valence-electron chi connectivity index (χ2n) is 8.58. The summed E-state index contributed by atoms with van der Waals surface area (Å²) in [5.74, 6) is -1.12. The summed E-state index contributed by atoms with van der Waals surface area (Å²) < 4.78 is 0. The highest BCUT2D eigenvalue weighted by Crippen LogP contribution is 2.64. The lowest BCUT2D eigenvalue weighted by atomic mass is 9.77. The minimum absolute atomic E-state index is 0.0391. The van der Waals surface area contributed by atoms with Gasteiger partial charge in [0.1, 0.15) is 0 Å². The van der Waals surface area contributed by atoms with Crippen LogP contribution in [0.5, 0.6) is 0 Å². The van der Waals surface area contributed by atoms with Crippen molar-refractivity contribution in [3.63, 3.8) is 0 Å². The van der Waals surface area contributed by atoms with Crippen LogP contribution in [0.1, 0.15) is 17.7 Å². The zero-order valence-corrected chi connectivity index (χ0v) is 19.1. The molecule has 0 unspecified atom stereocenters. The molecule has 164 valence electrons. The van der Waals surface area contributed by atoms with Crippen molar-refractivity contribution >= 4 is 64.2 Å². The van der Waals surface area contributed by atoms with Gasteiger partial charge in [-0.05, 0) is 48.6 Å². The number of carbonyl (C=O) groups is 3. The molecule has 4 aliphatic rings. The molecule has 3 fully saturated rings. The zero-order valence-electron chi connectivity index (χ0n) is 16.7. The number of hydrogen-bond donors (Lipinski definition) is 2. The van der Waals surface area contributed by atoms with E-state index in [4.69, 9.17) is 11.6 Å². The molecule has 2 aromatic rings. The van der Waals surface area contributed by atoms with Gasteiger partial charge >= 0.3 is 4.87 Å². The number of carbonyl (C=O) groups excluding carboxylic acids is 3. The van der Waals surface area contributed by atoms with E-state index in [1.54, 1.807) is 36.0 Å². The number of thioether (sulfide) groups is 1. The van der Waals surface area contributed by atoms with Gasteiger partial charge in [-0.3, -0.25) is 24.1 Å². The molecular weight excluding hydrogens is 470 g/mol. The molecule has 0 radical (unpaired) electrons. The number of thiazole rings is 1. The molecule has 2 N–H and O–H groups in total. The molecule has 7 nitrogen and oxygen atoms in total. The first kappa shape index (κ1) is 20.3. The Morgan fingerprint density at radius 1 is 1.16 bits per heavy atom. The van der Waals surface area contributed by atoms with Crippen LogP contribution < -0.4 is 10.2 Å². The lowest BCUT2D eigenvalue weighted by molar-refractivity contribution is -0.140. The fraction of sp³-hybridized carbons (Fsp3) is 0.364. The first-order valence-corrected chi connectivity index (χ1v) is 12.5. The Morgan fingerprint density at radius 2 is 1.91 bits per heavy atom.